The summed E-state index contributed by atoms with van der Waals surface area (Å²) >= 11 is 0. The Labute approximate surface area is 127 Å². The van der Waals surface area contributed by atoms with Crippen LogP contribution in [0.1, 0.15) is 45.7 Å². The van der Waals surface area contributed by atoms with E-state index in [0.717, 1.165) is 11.1 Å². The van der Waals surface area contributed by atoms with Gasteiger partial charge < -0.3 is 5.11 Å². The predicted molar refractivity (Wildman–Crippen MR) is 89.3 cm³/mol. The van der Waals surface area contributed by atoms with Gasteiger partial charge in [-0.15, -0.1) is 0 Å². The van der Waals surface area contributed by atoms with Gasteiger partial charge in [0.25, 0.3) is 0 Å². The topological polar surface area (TPSA) is 37.3 Å². The largest absolute Gasteiger partial charge is 0.478 e. The fourth-order valence-corrected chi connectivity index (χ4v) is 1.92. The van der Waals surface area contributed by atoms with Crippen molar-refractivity contribution in [2.75, 3.05) is 0 Å². The van der Waals surface area contributed by atoms with Gasteiger partial charge in [0.2, 0.25) is 0 Å². The van der Waals surface area contributed by atoms with Gasteiger partial charge in [0.15, 0.2) is 0 Å². The fourth-order valence-electron chi connectivity index (χ4n) is 1.92. The van der Waals surface area contributed by atoms with Crippen LogP contribution in [0.5, 0.6) is 0 Å². The maximum Gasteiger partial charge on any atom is 0.328 e. The summed E-state index contributed by atoms with van der Waals surface area (Å²) in [5.41, 5.74) is 4.52. The molecule has 0 saturated heterocycles. The van der Waals surface area contributed by atoms with Crippen molar-refractivity contribution < 1.29 is 9.90 Å². The molecule has 0 bridgehead atoms. The highest BCUT2D eigenvalue weighted by Gasteiger charge is 2.12. The van der Waals surface area contributed by atoms with Gasteiger partial charge in [-0.1, -0.05) is 63.3 Å². The molecule has 21 heavy (non-hydrogen) atoms. The average molecular weight is 284 g/mol. The number of carboxylic acids is 1. The molecular formula is C19H24O2. The molecule has 0 heterocycles. The minimum absolute atomic E-state index is 0.161. The molecule has 0 atom stereocenters. The number of hydrogen-bond donors (Lipinski definition) is 1. The van der Waals surface area contributed by atoms with Crippen LogP contribution in [0.25, 0.3) is 5.57 Å². The summed E-state index contributed by atoms with van der Waals surface area (Å²) in [5, 5.41) is 8.64. The van der Waals surface area contributed by atoms with E-state index < -0.39 is 5.97 Å². The fraction of sp³-hybridized carbons (Fsp3) is 0.316. The van der Waals surface area contributed by atoms with Gasteiger partial charge in [-0.2, -0.15) is 0 Å². The third kappa shape index (κ3) is 5.82. The summed E-state index contributed by atoms with van der Waals surface area (Å²) < 4.78 is 0. The molecule has 0 unspecified atom stereocenters. The molecule has 0 aromatic heterocycles. The van der Waals surface area contributed by atoms with Crippen LogP contribution in [-0.2, 0) is 10.2 Å². The normalized spacial score (nSPS) is 13.8. The van der Waals surface area contributed by atoms with Crippen molar-refractivity contribution in [1.29, 1.82) is 0 Å². The SMILES string of the molecule is C/C(=C/C=C/C(C)=C/C(=O)O)c1ccc(C(C)(C)C)cc1. The molecule has 2 nitrogen and oxygen atoms in total. The Kier molecular flexibility index (Phi) is 5.71. The monoisotopic (exact) mass is 284 g/mol. The molecule has 0 spiro atoms. The Bertz CT molecular complexity index is 579. The maximum absolute atomic E-state index is 10.5. The van der Waals surface area contributed by atoms with Gasteiger partial charge in [-0.3, -0.25) is 0 Å². The minimum Gasteiger partial charge on any atom is -0.478 e. The zero-order valence-corrected chi connectivity index (χ0v) is 13.5. The quantitative estimate of drug-likeness (QED) is 0.625. The first-order valence-electron chi connectivity index (χ1n) is 7.07. The van der Waals surface area contributed by atoms with Gasteiger partial charge in [0, 0.05) is 6.08 Å². The molecule has 0 radical (unpaired) electrons. The smallest absolute Gasteiger partial charge is 0.328 e. The van der Waals surface area contributed by atoms with Crippen molar-refractivity contribution in [3.05, 3.63) is 65.3 Å². The summed E-state index contributed by atoms with van der Waals surface area (Å²) in [6, 6.07) is 8.57. The first kappa shape index (κ1) is 17.0. The van der Waals surface area contributed by atoms with E-state index >= 15 is 0 Å². The van der Waals surface area contributed by atoms with E-state index in [9.17, 15) is 4.79 Å². The molecule has 0 aliphatic carbocycles. The Balaban J connectivity index is 2.84. The zero-order chi connectivity index (χ0) is 16.0. The second-order valence-corrected chi connectivity index (χ2v) is 6.26. The van der Waals surface area contributed by atoms with Gasteiger partial charge in [0.05, 0.1) is 0 Å². The van der Waals surface area contributed by atoms with Crippen LogP contribution in [-0.4, -0.2) is 11.1 Å². The Morgan fingerprint density at radius 1 is 1.10 bits per heavy atom. The lowest BCUT2D eigenvalue weighted by Gasteiger charge is -2.19. The van der Waals surface area contributed by atoms with Crippen molar-refractivity contribution in [3.8, 4) is 0 Å². The van der Waals surface area contributed by atoms with Crippen LogP contribution in [0.4, 0.5) is 0 Å². The van der Waals surface area contributed by atoms with Crippen molar-refractivity contribution in [3.63, 3.8) is 0 Å². The Morgan fingerprint density at radius 2 is 1.67 bits per heavy atom. The lowest BCUT2D eigenvalue weighted by atomic mass is 9.86. The minimum atomic E-state index is -0.921. The third-order valence-electron chi connectivity index (χ3n) is 3.26. The second-order valence-electron chi connectivity index (χ2n) is 6.26. The highest BCUT2D eigenvalue weighted by Crippen LogP contribution is 2.24. The molecule has 0 fully saturated rings. The van der Waals surface area contributed by atoms with Crippen molar-refractivity contribution in [1.82, 2.24) is 0 Å². The molecule has 0 amide bonds. The van der Waals surface area contributed by atoms with Crippen molar-refractivity contribution in [2.45, 2.75) is 40.0 Å². The van der Waals surface area contributed by atoms with E-state index in [2.05, 4.69) is 45.0 Å². The van der Waals surface area contributed by atoms with Crippen LogP contribution >= 0.6 is 0 Å². The van der Waals surface area contributed by atoms with E-state index in [1.807, 2.05) is 19.1 Å². The van der Waals surface area contributed by atoms with E-state index in [4.69, 9.17) is 5.11 Å². The number of allylic oxidation sites excluding steroid dienone is 5. The van der Waals surface area contributed by atoms with Crippen LogP contribution < -0.4 is 0 Å². The number of benzene rings is 1. The van der Waals surface area contributed by atoms with Crippen molar-refractivity contribution >= 4 is 11.5 Å². The van der Waals surface area contributed by atoms with E-state index in [1.165, 1.54) is 17.2 Å². The zero-order valence-electron chi connectivity index (χ0n) is 13.5. The van der Waals surface area contributed by atoms with E-state index in [0.29, 0.717) is 0 Å². The highest BCUT2D eigenvalue weighted by atomic mass is 16.4. The van der Waals surface area contributed by atoms with Crippen LogP contribution in [0.3, 0.4) is 0 Å². The van der Waals surface area contributed by atoms with Crippen LogP contribution in [0.15, 0.2) is 54.1 Å². The van der Waals surface area contributed by atoms with Crippen molar-refractivity contribution in [2.24, 2.45) is 0 Å². The first-order chi connectivity index (χ1) is 9.70. The number of carbonyl (C=O) groups is 1. The maximum atomic E-state index is 10.5. The standard InChI is InChI=1S/C19H24O2/c1-14(13-18(20)21)7-6-8-15(2)16-9-11-17(12-10-16)19(3,4)5/h6-13H,1-5H3,(H,20,21)/b7-6+,14-13+,15-8-. The number of carboxylic acid groups (broad SMARTS) is 1. The summed E-state index contributed by atoms with van der Waals surface area (Å²) in [7, 11) is 0. The lowest BCUT2D eigenvalue weighted by molar-refractivity contribution is -0.131. The van der Waals surface area contributed by atoms with Gasteiger partial charge >= 0.3 is 5.97 Å². The summed E-state index contributed by atoms with van der Waals surface area (Å²) in [5.74, 6) is -0.921. The summed E-state index contributed by atoms with van der Waals surface area (Å²) in [6.07, 6.45) is 6.85. The van der Waals surface area contributed by atoms with E-state index in [-0.39, 0.29) is 5.41 Å². The second kappa shape index (κ2) is 7.07. The lowest BCUT2D eigenvalue weighted by Crippen LogP contribution is -2.10. The van der Waals surface area contributed by atoms with E-state index in [1.54, 1.807) is 13.0 Å². The molecule has 0 saturated carbocycles. The summed E-state index contributed by atoms with van der Waals surface area (Å²) in [4.78, 5) is 10.5. The molecule has 1 aromatic rings. The predicted octanol–water partition coefficient (Wildman–Crippen LogP) is 4.97. The molecule has 1 aromatic carbocycles. The molecule has 0 aliphatic rings. The molecule has 2 heteroatoms. The number of aliphatic carboxylic acids is 1. The van der Waals surface area contributed by atoms with Crippen LogP contribution in [0.2, 0.25) is 0 Å². The average Bonchev–Trinajstić information content (AvgIpc) is 2.36. The molecule has 1 rings (SSSR count). The summed E-state index contributed by atoms with van der Waals surface area (Å²) in [6.45, 7) is 10.4. The highest BCUT2D eigenvalue weighted by molar-refractivity contribution is 5.81. The van der Waals surface area contributed by atoms with Gasteiger partial charge in [0.1, 0.15) is 0 Å². The number of rotatable bonds is 4. The Hall–Kier alpha value is -2.09. The molecule has 0 aliphatic heterocycles. The molecular weight excluding hydrogens is 260 g/mol. The molecule has 112 valence electrons. The van der Waals surface area contributed by atoms with Crippen LogP contribution in [0, 0.1) is 0 Å². The number of hydrogen-bond acceptors (Lipinski definition) is 1. The van der Waals surface area contributed by atoms with Gasteiger partial charge in [-0.25, -0.2) is 4.79 Å². The third-order valence-corrected chi connectivity index (χ3v) is 3.26. The molecule has 1 N–H and O–H groups in total. The first-order valence-corrected chi connectivity index (χ1v) is 7.07. The Morgan fingerprint density at radius 3 is 2.14 bits per heavy atom. The van der Waals surface area contributed by atoms with Gasteiger partial charge in [-0.05, 0) is 41.5 Å².